The molecule has 9 heteroatoms. The third-order valence-corrected chi connectivity index (χ3v) is 7.03. The Morgan fingerprint density at radius 3 is 2.54 bits per heavy atom. The van der Waals surface area contributed by atoms with E-state index < -0.39 is 33.6 Å². The molecule has 1 aliphatic heterocycles. The molecule has 3 rings (SSSR count). The monoisotopic (exact) mass is 368 g/mol. The molecule has 1 aliphatic rings. The van der Waals surface area contributed by atoms with Crippen molar-refractivity contribution in [2.45, 2.75) is 17.1 Å². The maximum atomic E-state index is 12.9. The van der Waals surface area contributed by atoms with E-state index in [0.717, 1.165) is 18.4 Å². The van der Waals surface area contributed by atoms with Crippen molar-refractivity contribution < 1.29 is 22.4 Å². The number of nitrogens with one attached hydrogen (secondary N) is 1. The van der Waals surface area contributed by atoms with E-state index in [1.165, 1.54) is 30.3 Å². The Labute approximate surface area is 142 Å². The molecule has 6 nitrogen and oxygen atoms in total. The van der Waals surface area contributed by atoms with Gasteiger partial charge < -0.3 is 5.32 Å². The maximum Gasteiger partial charge on any atom is 0.276 e. The zero-order valence-electron chi connectivity index (χ0n) is 12.7. The lowest BCUT2D eigenvalue weighted by molar-refractivity contribution is -0.132. The van der Waals surface area contributed by atoms with Crippen LogP contribution < -0.4 is 5.32 Å². The van der Waals surface area contributed by atoms with Gasteiger partial charge in [0.25, 0.3) is 15.9 Å². The second-order valence-electron chi connectivity index (χ2n) is 5.34. The Kier molecular flexibility index (Phi) is 3.92. The number of halogens is 1. The molecule has 1 N–H and O–H groups in total. The van der Waals surface area contributed by atoms with Gasteiger partial charge in [0.05, 0.1) is 0 Å². The Bertz CT molecular complexity index is 935. The van der Waals surface area contributed by atoms with Gasteiger partial charge in [-0.15, -0.1) is 11.3 Å². The highest BCUT2D eigenvalue weighted by atomic mass is 32.2. The van der Waals surface area contributed by atoms with Crippen LogP contribution in [0, 0.1) is 12.7 Å². The van der Waals surface area contributed by atoms with E-state index in [4.69, 9.17) is 0 Å². The number of hydrogen-bond donors (Lipinski definition) is 1. The fourth-order valence-corrected chi connectivity index (χ4v) is 5.46. The van der Waals surface area contributed by atoms with E-state index in [1.54, 1.807) is 6.92 Å². The van der Waals surface area contributed by atoms with Crippen LogP contribution in [0.25, 0.3) is 0 Å². The minimum absolute atomic E-state index is 0.00126. The number of amides is 2. The minimum Gasteiger partial charge on any atom is -0.325 e. The minimum atomic E-state index is -3.92. The first-order chi connectivity index (χ1) is 11.2. The molecule has 0 radical (unpaired) electrons. The Balaban J connectivity index is 2.01. The fourth-order valence-electron chi connectivity index (χ4n) is 2.47. The third-order valence-electron chi connectivity index (χ3n) is 3.69. The highest BCUT2D eigenvalue weighted by Crippen LogP contribution is 2.39. The lowest BCUT2D eigenvalue weighted by Gasteiger charge is -2.28. The molecule has 24 heavy (non-hydrogen) atoms. The Morgan fingerprint density at radius 2 is 1.92 bits per heavy atom. The second kappa shape index (κ2) is 5.67. The van der Waals surface area contributed by atoms with Crippen LogP contribution in [0.15, 0.2) is 34.5 Å². The average Bonchev–Trinajstić information content (AvgIpc) is 2.90. The van der Waals surface area contributed by atoms with Crippen LogP contribution in [-0.2, 0) is 19.6 Å². The summed E-state index contributed by atoms with van der Waals surface area (Å²) in [6.45, 7) is 1.71. The summed E-state index contributed by atoms with van der Waals surface area (Å²) in [5, 5.41) is 2.52. The standard InChI is InChI=1S/C15H13FN2O4S2/c1-8-7-11-12(13(19)17-10-5-3-9(16)4-6-10)14(20)18(2)24(21,22)15(11)23-8/h3-7,12H,1-2H3,(H,17,19). The molecular weight excluding hydrogens is 355 g/mol. The number of carbonyl (C=O) groups excluding carboxylic acids is 2. The van der Waals surface area contributed by atoms with E-state index in [2.05, 4.69) is 5.32 Å². The molecule has 0 fully saturated rings. The van der Waals surface area contributed by atoms with Gasteiger partial charge in [0.1, 0.15) is 15.9 Å². The van der Waals surface area contributed by atoms with Crippen molar-refractivity contribution in [2.75, 3.05) is 12.4 Å². The first-order valence-corrected chi connectivity index (χ1v) is 9.17. The molecule has 1 unspecified atom stereocenters. The van der Waals surface area contributed by atoms with Gasteiger partial charge in [-0.05, 0) is 37.3 Å². The number of benzene rings is 1. The number of hydrogen-bond acceptors (Lipinski definition) is 5. The van der Waals surface area contributed by atoms with E-state index in [0.29, 0.717) is 14.9 Å². The normalized spacial score (nSPS) is 19.0. The van der Waals surface area contributed by atoms with E-state index in [-0.39, 0.29) is 9.77 Å². The molecule has 126 valence electrons. The smallest absolute Gasteiger partial charge is 0.276 e. The van der Waals surface area contributed by atoms with Gasteiger partial charge in [0, 0.05) is 23.2 Å². The summed E-state index contributed by atoms with van der Waals surface area (Å²) in [5.74, 6) is -3.20. The summed E-state index contributed by atoms with van der Waals surface area (Å²) >= 11 is 1.02. The molecule has 1 atom stereocenters. The van der Waals surface area contributed by atoms with Crippen molar-refractivity contribution in [3.63, 3.8) is 0 Å². The van der Waals surface area contributed by atoms with Crippen LogP contribution in [0.4, 0.5) is 10.1 Å². The van der Waals surface area contributed by atoms with Gasteiger partial charge in [0.15, 0.2) is 0 Å². The zero-order chi connectivity index (χ0) is 17.6. The van der Waals surface area contributed by atoms with Crippen LogP contribution in [0.5, 0.6) is 0 Å². The summed E-state index contributed by atoms with van der Waals surface area (Å²) in [5.41, 5.74) is 0.499. The van der Waals surface area contributed by atoms with Crippen molar-refractivity contribution >= 4 is 38.9 Å². The number of rotatable bonds is 2. The number of likely N-dealkylation sites (N-methyl/N-ethyl adjacent to an activating group) is 1. The van der Waals surface area contributed by atoms with Gasteiger partial charge in [-0.25, -0.2) is 17.1 Å². The molecule has 2 amide bonds. The SMILES string of the molecule is Cc1cc2c(s1)S(=O)(=O)N(C)C(=O)C2C(=O)Nc1ccc(F)cc1. The third kappa shape index (κ3) is 2.59. The average molecular weight is 368 g/mol. The van der Waals surface area contributed by atoms with Crippen LogP contribution in [-0.4, -0.2) is 31.6 Å². The lowest BCUT2D eigenvalue weighted by atomic mass is 9.99. The lowest BCUT2D eigenvalue weighted by Crippen LogP contribution is -2.45. The molecule has 0 saturated carbocycles. The molecule has 0 aliphatic carbocycles. The maximum absolute atomic E-state index is 12.9. The number of anilines is 1. The Morgan fingerprint density at radius 1 is 1.29 bits per heavy atom. The highest BCUT2D eigenvalue weighted by Gasteiger charge is 2.45. The molecule has 0 saturated heterocycles. The second-order valence-corrected chi connectivity index (χ2v) is 8.76. The number of thiophene rings is 1. The summed E-state index contributed by atoms with van der Waals surface area (Å²) < 4.78 is 38.2. The van der Waals surface area contributed by atoms with Crippen molar-refractivity contribution in [1.29, 1.82) is 0 Å². The van der Waals surface area contributed by atoms with Crippen LogP contribution in [0.3, 0.4) is 0 Å². The first kappa shape index (κ1) is 16.6. The van der Waals surface area contributed by atoms with Gasteiger partial charge >= 0.3 is 0 Å². The summed E-state index contributed by atoms with van der Waals surface area (Å²) in [6.07, 6.45) is 0. The topological polar surface area (TPSA) is 83.6 Å². The van der Waals surface area contributed by atoms with Crippen molar-refractivity contribution in [1.82, 2.24) is 4.31 Å². The van der Waals surface area contributed by atoms with Crippen molar-refractivity contribution in [2.24, 2.45) is 0 Å². The highest BCUT2D eigenvalue weighted by molar-refractivity contribution is 7.92. The zero-order valence-corrected chi connectivity index (χ0v) is 14.4. The first-order valence-electron chi connectivity index (χ1n) is 6.91. The quantitative estimate of drug-likeness (QED) is 0.823. The van der Waals surface area contributed by atoms with Gasteiger partial charge in [-0.1, -0.05) is 0 Å². The van der Waals surface area contributed by atoms with Crippen LogP contribution >= 0.6 is 11.3 Å². The van der Waals surface area contributed by atoms with Crippen LogP contribution in [0.2, 0.25) is 0 Å². The number of aryl methyl sites for hydroxylation is 1. The Hall–Kier alpha value is -2.26. The summed E-state index contributed by atoms with van der Waals surface area (Å²) in [7, 11) is -2.79. The molecule has 1 aromatic carbocycles. The van der Waals surface area contributed by atoms with E-state index in [1.807, 2.05) is 0 Å². The predicted molar refractivity (Wildman–Crippen MR) is 86.8 cm³/mol. The number of nitrogens with zero attached hydrogens (tertiary/aromatic N) is 1. The van der Waals surface area contributed by atoms with E-state index in [9.17, 15) is 22.4 Å². The largest absolute Gasteiger partial charge is 0.325 e. The number of fused-ring (bicyclic) bond motifs is 1. The predicted octanol–water partition coefficient (Wildman–Crippen LogP) is 2.08. The number of carbonyl (C=O) groups is 2. The summed E-state index contributed by atoms with van der Waals surface area (Å²) in [6, 6.07) is 6.61. The van der Waals surface area contributed by atoms with Crippen molar-refractivity contribution in [3.8, 4) is 0 Å². The summed E-state index contributed by atoms with van der Waals surface area (Å²) in [4.78, 5) is 25.7. The van der Waals surface area contributed by atoms with Gasteiger partial charge in [-0.3, -0.25) is 9.59 Å². The fraction of sp³-hybridized carbons (Fsp3) is 0.200. The number of sulfonamides is 1. The van der Waals surface area contributed by atoms with Crippen LogP contribution in [0.1, 0.15) is 16.4 Å². The van der Waals surface area contributed by atoms with Gasteiger partial charge in [0.2, 0.25) is 5.91 Å². The molecule has 1 aromatic heterocycles. The molecule has 2 heterocycles. The van der Waals surface area contributed by atoms with Crippen molar-refractivity contribution in [3.05, 3.63) is 46.6 Å². The van der Waals surface area contributed by atoms with E-state index >= 15 is 0 Å². The molecule has 0 bridgehead atoms. The molecule has 0 spiro atoms. The molecule has 2 aromatic rings. The molecular formula is C15H13FN2O4S2. The van der Waals surface area contributed by atoms with Gasteiger partial charge in [-0.2, -0.15) is 0 Å².